The Balaban J connectivity index is 2.03. The van der Waals surface area contributed by atoms with Crippen molar-refractivity contribution in [3.05, 3.63) is 54.4 Å². The maximum atomic E-state index is 11.1. The lowest BCUT2D eigenvalue weighted by molar-refractivity contribution is 0.598. The van der Waals surface area contributed by atoms with Gasteiger partial charge in [0.2, 0.25) is 10.0 Å². The van der Waals surface area contributed by atoms with Gasteiger partial charge >= 0.3 is 0 Å². The van der Waals surface area contributed by atoms with Gasteiger partial charge in [-0.15, -0.1) is 0 Å². The summed E-state index contributed by atoms with van der Waals surface area (Å²) in [6, 6.07) is 9.64. The number of pyridine rings is 1. The van der Waals surface area contributed by atoms with Gasteiger partial charge in [-0.1, -0.05) is 0 Å². The summed E-state index contributed by atoms with van der Waals surface area (Å²) in [7, 11) is -3.66. The predicted molar refractivity (Wildman–Crippen MR) is 73.3 cm³/mol. The van der Waals surface area contributed by atoms with Crippen LogP contribution in [0.5, 0.6) is 0 Å². The van der Waals surface area contributed by atoms with Gasteiger partial charge in [-0.25, -0.2) is 13.6 Å². The van der Waals surface area contributed by atoms with Gasteiger partial charge in [0.05, 0.1) is 16.8 Å². The standard InChI is InChI=1S/C12H12N4O2S/c13-19(17,18)12-3-1-11(2-4-12)16-15-9-10-5-7-14-8-6-10/h1-9,16H,(H2,13,17,18)/b15-9+. The number of nitrogens with two attached hydrogens (primary N) is 1. The van der Waals surface area contributed by atoms with E-state index in [-0.39, 0.29) is 4.90 Å². The second-order valence-corrected chi connectivity index (χ2v) is 5.28. The molecule has 0 radical (unpaired) electrons. The molecule has 1 aromatic carbocycles. The molecule has 0 bridgehead atoms. The Kier molecular flexibility index (Phi) is 3.88. The predicted octanol–water partition coefficient (Wildman–Crippen LogP) is 1.18. The van der Waals surface area contributed by atoms with Crippen molar-refractivity contribution >= 4 is 21.9 Å². The number of primary sulfonamides is 1. The molecule has 0 saturated heterocycles. The summed E-state index contributed by atoms with van der Waals surface area (Å²) in [5.74, 6) is 0. The van der Waals surface area contributed by atoms with E-state index in [0.29, 0.717) is 5.69 Å². The SMILES string of the molecule is NS(=O)(=O)c1ccc(N/N=C/c2ccncc2)cc1. The molecule has 6 nitrogen and oxygen atoms in total. The van der Waals surface area contributed by atoms with Crippen LogP contribution in [0.4, 0.5) is 5.69 Å². The maximum Gasteiger partial charge on any atom is 0.238 e. The van der Waals surface area contributed by atoms with E-state index in [4.69, 9.17) is 5.14 Å². The van der Waals surface area contributed by atoms with E-state index >= 15 is 0 Å². The average Bonchev–Trinajstić information content (AvgIpc) is 2.39. The van der Waals surface area contributed by atoms with E-state index in [1.165, 1.54) is 12.1 Å². The van der Waals surface area contributed by atoms with Crippen LogP contribution in [0.2, 0.25) is 0 Å². The molecule has 1 heterocycles. The summed E-state index contributed by atoms with van der Waals surface area (Å²) in [4.78, 5) is 3.96. The first kappa shape index (κ1) is 13.2. The second kappa shape index (κ2) is 5.59. The van der Waals surface area contributed by atoms with E-state index in [1.54, 1.807) is 30.7 Å². The number of sulfonamides is 1. The van der Waals surface area contributed by atoms with E-state index in [1.807, 2.05) is 12.1 Å². The number of hydrogen-bond donors (Lipinski definition) is 2. The fourth-order valence-electron chi connectivity index (χ4n) is 1.35. The zero-order chi connectivity index (χ0) is 13.7. The number of hydrazone groups is 1. The molecule has 0 aliphatic heterocycles. The van der Waals surface area contributed by atoms with Crippen LogP contribution in [0.15, 0.2) is 58.8 Å². The summed E-state index contributed by atoms with van der Waals surface area (Å²) in [6.07, 6.45) is 4.97. The largest absolute Gasteiger partial charge is 0.279 e. The fourth-order valence-corrected chi connectivity index (χ4v) is 1.87. The molecule has 0 fully saturated rings. The third-order valence-electron chi connectivity index (χ3n) is 2.30. The van der Waals surface area contributed by atoms with Crippen molar-refractivity contribution in [3.63, 3.8) is 0 Å². The first-order valence-electron chi connectivity index (χ1n) is 5.38. The average molecular weight is 276 g/mol. The van der Waals surface area contributed by atoms with Crippen molar-refractivity contribution in [2.45, 2.75) is 4.90 Å². The highest BCUT2D eigenvalue weighted by molar-refractivity contribution is 7.89. The molecular weight excluding hydrogens is 264 g/mol. The minimum Gasteiger partial charge on any atom is -0.279 e. The highest BCUT2D eigenvalue weighted by Crippen LogP contribution is 2.12. The molecule has 19 heavy (non-hydrogen) atoms. The molecule has 0 aliphatic rings. The number of aromatic nitrogens is 1. The van der Waals surface area contributed by atoms with Gasteiger partial charge in [-0.05, 0) is 42.0 Å². The zero-order valence-corrected chi connectivity index (χ0v) is 10.7. The minimum absolute atomic E-state index is 0.0659. The summed E-state index contributed by atoms with van der Waals surface area (Å²) in [6.45, 7) is 0. The van der Waals surface area contributed by atoms with Crippen LogP contribution in [0.1, 0.15) is 5.56 Å². The molecular formula is C12H12N4O2S. The highest BCUT2D eigenvalue weighted by atomic mass is 32.2. The molecule has 3 N–H and O–H groups in total. The zero-order valence-electron chi connectivity index (χ0n) is 9.89. The third kappa shape index (κ3) is 3.87. The molecule has 2 aromatic rings. The Labute approximate surface area is 111 Å². The molecule has 0 amide bonds. The van der Waals surface area contributed by atoms with Crippen LogP contribution in [-0.2, 0) is 10.0 Å². The highest BCUT2D eigenvalue weighted by Gasteiger charge is 2.05. The Hall–Kier alpha value is -2.25. The monoisotopic (exact) mass is 276 g/mol. The summed E-state index contributed by atoms with van der Waals surface area (Å²) < 4.78 is 22.1. The Morgan fingerprint density at radius 2 is 1.74 bits per heavy atom. The van der Waals surface area contributed by atoms with Gasteiger partial charge in [0.15, 0.2) is 0 Å². The van der Waals surface area contributed by atoms with Crippen LogP contribution < -0.4 is 10.6 Å². The molecule has 0 saturated carbocycles. The first-order chi connectivity index (χ1) is 9.05. The lowest BCUT2D eigenvalue weighted by atomic mass is 10.3. The molecule has 2 rings (SSSR count). The van der Waals surface area contributed by atoms with Crippen molar-refractivity contribution in [1.82, 2.24) is 4.98 Å². The van der Waals surface area contributed by atoms with E-state index < -0.39 is 10.0 Å². The van der Waals surface area contributed by atoms with Gasteiger partial charge in [0.1, 0.15) is 0 Å². The first-order valence-corrected chi connectivity index (χ1v) is 6.92. The topological polar surface area (TPSA) is 97.4 Å². The quantitative estimate of drug-likeness (QED) is 0.647. The number of nitrogens with one attached hydrogen (secondary N) is 1. The van der Waals surface area contributed by atoms with Gasteiger partial charge < -0.3 is 0 Å². The second-order valence-electron chi connectivity index (χ2n) is 3.72. The summed E-state index contributed by atoms with van der Waals surface area (Å²) >= 11 is 0. The van der Waals surface area contributed by atoms with Crippen molar-refractivity contribution in [1.29, 1.82) is 0 Å². The number of anilines is 1. The van der Waals surface area contributed by atoms with Gasteiger partial charge in [0, 0.05) is 12.4 Å². The molecule has 0 atom stereocenters. The van der Waals surface area contributed by atoms with Crippen LogP contribution in [-0.4, -0.2) is 19.6 Å². The van der Waals surface area contributed by atoms with Crippen LogP contribution in [0.3, 0.4) is 0 Å². The van der Waals surface area contributed by atoms with Gasteiger partial charge in [0.25, 0.3) is 0 Å². The van der Waals surface area contributed by atoms with Crippen LogP contribution in [0, 0.1) is 0 Å². The van der Waals surface area contributed by atoms with Crippen molar-refractivity contribution < 1.29 is 8.42 Å². The molecule has 0 aliphatic carbocycles. The number of hydrogen-bond acceptors (Lipinski definition) is 5. The van der Waals surface area contributed by atoms with Crippen LogP contribution in [0.25, 0.3) is 0 Å². The van der Waals surface area contributed by atoms with E-state index in [0.717, 1.165) is 5.56 Å². The van der Waals surface area contributed by atoms with E-state index in [2.05, 4.69) is 15.5 Å². The van der Waals surface area contributed by atoms with Crippen molar-refractivity contribution in [2.75, 3.05) is 5.43 Å². The van der Waals surface area contributed by atoms with Crippen molar-refractivity contribution in [2.24, 2.45) is 10.2 Å². The Bertz CT molecular complexity index is 667. The molecule has 98 valence electrons. The summed E-state index contributed by atoms with van der Waals surface area (Å²) in [5.41, 5.74) is 4.36. The molecule has 7 heteroatoms. The van der Waals surface area contributed by atoms with Crippen LogP contribution >= 0.6 is 0 Å². The summed E-state index contributed by atoms with van der Waals surface area (Å²) in [5, 5.41) is 9.02. The molecule has 0 spiro atoms. The Morgan fingerprint density at radius 3 is 2.32 bits per heavy atom. The fraction of sp³-hybridized carbons (Fsp3) is 0. The molecule has 1 aromatic heterocycles. The smallest absolute Gasteiger partial charge is 0.238 e. The van der Waals surface area contributed by atoms with Gasteiger partial charge in [-0.2, -0.15) is 5.10 Å². The minimum atomic E-state index is -3.66. The van der Waals surface area contributed by atoms with Crippen molar-refractivity contribution in [3.8, 4) is 0 Å². The number of rotatable bonds is 4. The maximum absolute atomic E-state index is 11.1. The third-order valence-corrected chi connectivity index (χ3v) is 3.23. The van der Waals surface area contributed by atoms with E-state index in [9.17, 15) is 8.42 Å². The Morgan fingerprint density at radius 1 is 1.11 bits per heavy atom. The lowest BCUT2D eigenvalue weighted by Gasteiger charge is -2.01. The number of benzene rings is 1. The normalized spacial score (nSPS) is 11.6. The molecule has 0 unspecified atom stereocenters. The number of nitrogens with zero attached hydrogens (tertiary/aromatic N) is 2. The van der Waals surface area contributed by atoms with Gasteiger partial charge in [-0.3, -0.25) is 10.4 Å². The lowest BCUT2D eigenvalue weighted by Crippen LogP contribution is -2.11.